The number of nitrogens with zero attached hydrogens (tertiary/aromatic N) is 1. The number of nitrogens with two attached hydrogens (primary N) is 1. The van der Waals surface area contributed by atoms with E-state index in [-0.39, 0.29) is 17.7 Å². The van der Waals surface area contributed by atoms with E-state index >= 15 is 0 Å². The van der Waals surface area contributed by atoms with Gasteiger partial charge in [-0.3, -0.25) is 0 Å². The molecule has 2 N–H and O–H groups in total. The SMILES string of the molecule is CCC(N)Cc1ccc(Cl)cc1N1CC(C)OC(C)(C)C1. The molecular weight excluding hydrogens is 284 g/mol. The van der Waals surface area contributed by atoms with Crippen LogP contribution in [0.3, 0.4) is 0 Å². The highest BCUT2D eigenvalue weighted by molar-refractivity contribution is 6.30. The lowest BCUT2D eigenvalue weighted by molar-refractivity contribution is -0.0750. The molecule has 0 saturated carbocycles. The van der Waals surface area contributed by atoms with Crippen LogP contribution in [0, 0.1) is 0 Å². The van der Waals surface area contributed by atoms with Gasteiger partial charge in [0, 0.05) is 29.8 Å². The van der Waals surface area contributed by atoms with Crippen molar-refractivity contribution in [1.29, 1.82) is 0 Å². The minimum Gasteiger partial charge on any atom is -0.369 e. The first kappa shape index (κ1) is 16.6. The van der Waals surface area contributed by atoms with Crippen LogP contribution in [-0.4, -0.2) is 30.8 Å². The lowest BCUT2D eigenvalue weighted by Crippen LogP contribution is -2.52. The first-order valence-corrected chi connectivity index (χ1v) is 8.15. The van der Waals surface area contributed by atoms with Gasteiger partial charge >= 0.3 is 0 Å². The van der Waals surface area contributed by atoms with Crippen LogP contribution in [-0.2, 0) is 11.2 Å². The predicted molar refractivity (Wildman–Crippen MR) is 90.3 cm³/mol. The molecule has 0 amide bonds. The summed E-state index contributed by atoms with van der Waals surface area (Å²) in [6, 6.07) is 6.32. The number of benzene rings is 1. The molecule has 1 saturated heterocycles. The Kier molecular flexibility index (Phi) is 5.18. The van der Waals surface area contributed by atoms with Gasteiger partial charge in [0.05, 0.1) is 11.7 Å². The highest BCUT2D eigenvalue weighted by Gasteiger charge is 2.32. The van der Waals surface area contributed by atoms with Crippen molar-refractivity contribution in [3.05, 3.63) is 28.8 Å². The fraction of sp³-hybridized carbons (Fsp3) is 0.647. The summed E-state index contributed by atoms with van der Waals surface area (Å²) in [6.07, 6.45) is 2.07. The van der Waals surface area contributed by atoms with E-state index in [1.807, 2.05) is 6.07 Å². The third-order valence-corrected chi connectivity index (χ3v) is 4.20. The second-order valence-corrected chi connectivity index (χ2v) is 7.15. The van der Waals surface area contributed by atoms with E-state index in [0.29, 0.717) is 0 Å². The van der Waals surface area contributed by atoms with Crippen LogP contribution >= 0.6 is 11.6 Å². The van der Waals surface area contributed by atoms with Crippen LogP contribution in [0.5, 0.6) is 0 Å². The summed E-state index contributed by atoms with van der Waals surface area (Å²) in [6.45, 7) is 10.3. The molecule has 0 spiro atoms. The molecule has 1 aliphatic heterocycles. The van der Waals surface area contributed by atoms with Crippen molar-refractivity contribution in [1.82, 2.24) is 0 Å². The topological polar surface area (TPSA) is 38.5 Å². The van der Waals surface area contributed by atoms with Gasteiger partial charge in [-0.25, -0.2) is 0 Å². The second-order valence-electron chi connectivity index (χ2n) is 6.71. The molecule has 118 valence electrons. The molecule has 1 aromatic carbocycles. The molecule has 1 fully saturated rings. The quantitative estimate of drug-likeness (QED) is 0.923. The summed E-state index contributed by atoms with van der Waals surface area (Å²) >= 11 is 6.22. The molecule has 0 aliphatic carbocycles. The van der Waals surface area contributed by atoms with Gasteiger partial charge in [0.2, 0.25) is 0 Å². The van der Waals surface area contributed by atoms with Gasteiger partial charge in [-0.05, 0) is 51.3 Å². The number of morpholine rings is 1. The number of ether oxygens (including phenoxy) is 1. The van der Waals surface area contributed by atoms with Gasteiger partial charge in [-0.1, -0.05) is 24.6 Å². The summed E-state index contributed by atoms with van der Waals surface area (Å²) in [5, 5.41) is 0.774. The smallest absolute Gasteiger partial charge is 0.0805 e. The maximum Gasteiger partial charge on any atom is 0.0805 e. The van der Waals surface area contributed by atoms with E-state index in [0.717, 1.165) is 31.0 Å². The molecule has 4 heteroatoms. The number of hydrogen-bond donors (Lipinski definition) is 1. The molecule has 0 radical (unpaired) electrons. The maximum atomic E-state index is 6.22. The maximum absolute atomic E-state index is 6.22. The van der Waals surface area contributed by atoms with Gasteiger partial charge in [-0.15, -0.1) is 0 Å². The number of halogens is 1. The van der Waals surface area contributed by atoms with Crippen molar-refractivity contribution in [3.8, 4) is 0 Å². The Morgan fingerprint density at radius 3 is 2.81 bits per heavy atom. The van der Waals surface area contributed by atoms with Gasteiger partial charge in [0.1, 0.15) is 0 Å². The lowest BCUT2D eigenvalue weighted by atomic mass is 9.99. The van der Waals surface area contributed by atoms with E-state index in [1.54, 1.807) is 0 Å². The normalized spacial score (nSPS) is 23.1. The van der Waals surface area contributed by atoms with Crippen LogP contribution in [0.4, 0.5) is 5.69 Å². The van der Waals surface area contributed by atoms with Crippen molar-refractivity contribution >= 4 is 17.3 Å². The fourth-order valence-electron chi connectivity index (χ4n) is 3.07. The third-order valence-electron chi connectivity index (χ3n) is 3.96. The lowest BCUT2D eigenvalue weighted by Gasteiger charge is -2.43. The monoisotopic (exact) mass is 310 g/mol. The number of anilines is 1. The van der Waals surface area contributed by atoms with Crippen LogP contribution in [0.1, 0.15) is 39.7 Å². The Morgan fingerprint density at radius 2 is 2.19 bits per heavy atom. The molecule has 1 heterocycles. The van der Waals surface area contributed by atoms with E-state index < -0.39 is 0 Å². The Hall–Kier alpha value is -0.770. The van der Waals surface area contributed by atoms with E-state index in [9.17, 15) is 0 Å². The number of rotatable bonds is 4. The number of hydrogen-bond acceptors (Lipinski definition) is 3. The zero-order valence-electron chi connectivity index (χ0n) is 13.5. The Bertz CT molecular complexity index is 490. The summed E-state index contributed by atoms with van der Waals surface area (Å²) in [5.74, 6) is 0. The van der Waals surface area contributed by atoms with Gasteiger partial charge in [0.15, 0.2) is 0 Å². The Labute approximate surface area is 133 Å². The Balaban J connectivity index is 2.30. The zero-order valence-corrected chi connectivity index (χ0v) is 14.3. The molecule has 2 atom stereocenters. The largest absolute Gasteiger partial charge is 0.369 e. The first-order valence-electron chi connectivity index (χ1n) is 7.77. The Morgan fingerprint density at radius 1 is 1.48 bits per heavy atom. The molecule has 21 heavy (non-hydrogen) atoms. The third kappa shape index (κ3) is 4.35. The molecule has 0 bridgehead atoms. The van der Waals surface area contributed by atoms with E-state index in [1.165, 1.54) is 11.3 Å². The van der Waals surface area contributed by atoms with Gasteiger partial charge < -0.3 is 15.4 Å². The summed E-state index contributed by atoms with van der Waals surface area (Å²) < 4.78 is 6.00. The van der Waals surface area contributed by atoms with Crippen LogP contribution in [0.25, 0.3) is 0 Å². The van der Waals surface area contributed by atoms with E-state index in [4.69, 9.17) is 22.1 Å². The van der Waals surface area contributed by atoms with Crippen LogP contribution in [0.15, 0.2) is 18.2 Å². The minimum absolute atomic E-state index is 0.149. The zero-order chi connectivity index (χ0) is 15.6. The highest BCUT2D eigenvalue weighted by atomic mass is 35.5. The molecule has 3 nitrogen and oxygen atoms in total. The van der Waals surface area contributed by atoms with Crippen molar-refractivity contribution in [2.75, 3.05) is 18.0 Å². The molecule has 1 aliphatic rings. The van der Waals surface area contributed by atoms with Crippen LogP contribution in [0.2, 0.25) is 5.02 Å². The van der Waals surface area contributed by atoms with Crippen molar-refractivity contribution in [2.24, 2.45) is 5.73 Å². The van der Waals surface area contributed by atoms with Crippen molar-refractivity contribution in [2.45, 2.75) is 58.3 Å². The summed E-state index contributed by atoms with van der Waals surface area (Å²) in [4.78, 5) is 2.39. The molecule has 1 aromatic rings. The summed E-state index contributed by atoms with van der Waals surface area (Å²) in [7, 11) is 0. The molecular formula is C17H27ClN2O. The first-order chi connectivity index (χ1) is 9.80. The second kappa shape index (κ2) is 6.55. The average Bonchev–Trinajstić information content (AvgIpc) is 2.38. The average molecular weight is 311 g/mol. The summed E-state index contributed by atoms with van der Waals surface area (Å²) in [5.41, 5.74) is 8.48. The standard InChI is InChI=1S/C17H27ClN2O/c1-5-15(19)8-13-6-7-14(18)9-16(13)20-10-12(2)21-17(3,4)11-20/h6-7,9,12,15H,5,8,10-11,19H2,1-4H3. The molecule has 0 aromatic heterocycles. The fourth-order valence-corrected chi connectivity index (χ4v) is 3.23. The molecule has 2 rings (SSSR count). The van der Waals surface area contributed by atoms with Crippen LogP contribution < -0.4 is 10.6 Å². The van der Waals surface area contributed by atoms with Gasteiger partial charge in [-0.2, -0.15) is 0 Å². The van der Waals surface area contributed by atoms with Crippen molar-refractivity contribution in [3.63, 3.8) is 0 Å². The van der Waals surface area contributed by atoms with Gasteiger partial charge in [0.25, 0.3) is 0 Å². The van der Waals surface area contributed by atoms with Crippen molar-refractivity contribution < 1.29 is 4.74 Å². The minimum atomic E-state index is -0.149. The molecule has 2 unspecified atom stereocenters. The highest BCUT2D eigenvalue weighted by Crippen LogP contribution is 2.31. The van der Waals surface area contributed by atoms with E-state index in [2.05, 4.69) is 44.7 Å². The predicted octanol–water partition coefficient (Wildman–Crippen LogP) is 3.62.